The third-order valence-electron chi connectivity index (χ3n) is 4.14. The van der Waals surface area contributed by atoms with E-state index in [-0.39, 0.29) is 0 Å². The van der Waals surface area contributed by atoms with Crippen LogP contribution in [0.4, 0.5) is 0 Å². The van der Waals surface area contributed by atoms with Crippen molar-refractivity contribution in [2.45, 2.75) is 40.3 Å². The third kappa shape index (κ3) is 8.26. The first-order chi connectivity index (χ1) is 13.2. The first-order valence-electron chi connectivity index (χ1n) is 9.83. The third-order valence-corrected chi connectivity index (χ3v) is 4.14. The molecule has 0 radical (unpaired) electrons. The smallest absolute Gasteiger partial charge is 0.191 e. The standard InChI is InChI=1S/C21H33N5O/c1-4-22-21(23-12-15-27-14-10-18(2)3)24-16-19-8-5-6-9-20(19)17-26-13-7-11-25-26/h5-9,11,13,18H,4,10,12,14-17H2,1-3H3,(H2,22,23,24). The lowest BCUT2D eigenvalue weighted by Gasteiger charge is -2.13. The van der Waals surface area contributed by atoms with Crippen molar-refractivity contribution in [2.75, 3.05) is 26.3 Å². The summed E-state index contributed by atoms with van der Waals surface area (Å²) in [6, 6.07) is 10.3. The van der Waals surface area contributed by atoms with Crippen LogP contribution in [-0.4, -0.2) is 42.0 Å². The molecule has 0 spiro atoms. The van der Waals surface area contributed by atoms with Gasteiger partial charge in [-0.05, 0) is 36.5 Å². The summed E-state index contributed by atoms with van der Waals surface area (Å²) in [5, 5.41) is 10.9. The zero-order valence-corrected chi connectivity index (χ0v) is 16.8. The molecule has 0 saturated heterocycles. The van der Waals surface area contributed by atoms with Crippen LogP contribution in [0.1, 0.15) is 38.3 Å². The number of nitrogens with one attached hydrogen (secondary N) is 2. The zero-order valence-electron chi connectivity index (χ0n) is 16.8. The summed E-state index contributed by atoms with van der Waals surface area (Å²) in [7, 11) is 0. The first kappa shape index (κ1) is 21.0. The molecular weight excluding hydrogens is 338 g/mol. The molecule has 2 N–H and O–H groups in total. The van der Waals surface area contributed by atoms with Crippen molar-refractivity contribution in [1.82, 2.24) is 20.4 Å². The van der Waals surface area contributed by atoms with E-state index in [2.05, 4.69) is 60.8 Å². The minimum Gasteiger partial charge on any atom is -0.380 e. The van der Waals surface area contributed by atoms with Gasteiger partial charge in [-0.1, -0.05) is 38.1 Å². The fourth-order valence-corrected chi connectivity index (χ4v) is 2.60. The quantitative estimate of drug-likeness (QED) is 0.362. The number of nitrogens with zero attached hydrogens (tertiary/aromatic N) is 3. The predicted molar refractivity (Wildman–Crippen MR) is 111 cm³/mol. The molecule has 0 saturated carbocycles. The van der Waals surface area contributed by atoms with Gasteiger partial charge in [-0.25, -0.2) is 4.99 Å². The highest BCUT2D eigenvalue weighted by atomic mass is 16.5. The Morgan fingerprint density at radius 1 is 1.15 bits per heavy atom. The number of benzene rings is 1. The molecule has 6 nitrogen and oxygen atoms in total. The van der Waals surface area contributed by atoms with E-state index >= 15 is 0 Å². The van der Waals surface area contributed by atoms with Gasteiger partial charge in [0, 0.05) is 32.1 Å². The molecule has 0 bridgehead atoms. The molecule has 0 unspecified atom stereocenters. The second-order valence-corrected chi connectivity index (χ2v) is 6.89. The normalized spacial score (nSPS) is 11.8. The SMILES string of the molecule is CCNC(=NCc1ccccc1Cn1cccn1)NCCOCCC(C)C. The van der Waals surface area contributed by atoms with Crippen LogP contribution < -0.4 is 10.6 Å². The molecule has 1 aromatic heterocycles. The summed E-state index contributed by atoms with van der Waals surface area (Å²) >= 11 is 0. The van der Waals surface area contributed by atoms with Gasteiger partial charge in [0.25, 0.3) is 0 Å². The largest absolute Gasteiger partial charge is 0.380 e. The monoisotopic (exact) mass is 371 g/mol. The molecule has 0 aliphatic heterocycles. The van der Waals surface area contributed by atoms with Gasteiger partial charge in [0.2, 0.25) is 0 Å². The van der Waals surface area contributed by atoms with Gasteiger partial charge >= 0.3 is 0 Å². The molecule has 2 rings (SSSR count). The molecule has 148 valence electrons. The van der Waals surface area contributed by atoms with Crippen LogP contribution >= 0.6 is 0 Å². The molecule has 27 heavy (non-hydrogen) atoms. The summed E-state index contributed by atoms with van der Waals surface area (Å²) in [6.45, 7) is 11.0. The first-order valence-corrected chi connectivity index (χ1v) is 9.83. The second kappa shape index (κ2) is 12.1. The van der Waals surface area contributed by atoms with Crippen LogP contribution in [0.2, 0.25) is 0 Å². The number of rotatable bonds is 11. The maximum atomic E-state index is 5.66. The molecule has 1 aromatic carbocycles. The Kier molecular flexibility index (Phi) is 9.41. The molecule has 6 heteroatoms. The Balaban J connectivity index is 1.86. The fraction of sp³-hybridized carbons (Fsp3) is 0.524. The van der Waals surface area contributed by atoms with Gasteiger partial charge < -0.3 is 15.4 Å². The van der Waals surface area contributed by atoms with Crippen LogP contribution in [0.15, 0.2) is 47.7 Å². The molecule has 0 amide bonds. The van der Waals surface area contributed by atoms with E-state index in [0.29, 0.717) is 19.1 Å². The van der Waals surface area contributed by atoms with Crippen LogP contribution in [-0.2, 0) is 17.8 Å². The predicted octanol–water partition coefficient (Wildman–Crippen LogP) is 3.05. The lowest BCUT2D eigenvalue weighted by molar-refractivity contribution is 0.128. The Bertz CT molecular complexity index is 667. The zero-order chi connectivity index (χ0) is 19.3. The average molecular weight is 372 g/mol. The van der Waals surface area contributed by atoms with Crippen molar-refractivity contribution < 1.29 is 4.74 Å². The fourth-order valence-electron chi connectivity index (χ4n) is 2.60. The summed E-state index contributed by atoms with van der Waals surface area (Å²) < 4.78 is 7.59. The number of hydrogen-bond donors (Lipinski definition) is 2. The van der Waals surface area contributed by atoms with Crippen molar-refractivity contribution in [3.8, 4) is 0 Å². The Morgan fingerprint density at radius 2 is 1.96 bits per heavy atom. The van der Waals surface area contributed by atoms with E-state index in [9.17, 15) is 0 Å². The van der Waals surface area contributed by atoms with Gasteiger partial charge in [0.1, 0.15) is 0 Å². The van der Waals surface area contributed by atoms with Gasteiger partial charge in [-0.2, -0.15) is 5.10 Å². The van der Waals surface area contributed by atoms with Gasteiger partial charge in [0.05, 0.1) is 19.7 Å². The minimum absolute atomic E-state index is 0.626. The van der Waals surface area contributed by atoms with Crippen LogP contribution in [0, 0.1) is 5.92 Å². The van der Waals surface area contributed by atoms with Crippen molar-refractivity contribution in [2.24, 2.45) is 10.9 Å². The summed E-state index contributed by atoms with van der Waals surface area (Å²) in [5.74, 6) is 1.50. The van der Waals surface area contributed by atoms with E-state index < -0.39 is 0 Å². The lowest BCUT2D eigenvalue weighted by atomic mass is 10.1. The Morgan fingerprint density at radius 3 is 2.67 bits per heavy atom. The number of hydrogen-bond acceptors (Lipinski definition) is 3. The van der Waals surface area contributed by atoms with Crippen LogP contribution in [0.5, 0.6) is 0 Å². The molecule has 2 aromatic rings. The Hall–Kier alpha value is -2.34. The van der Waals surface area contributed by atoms with Crippen molar-refractivity contribution in [1.29, 1.82) is 0 Å². The number of ether oxygens (including phenoxy) is 1. The van der Waals surface area contributed by atoms with E-state index in [1.165, 1.54) is 11.1 Å². The summed E-state index contributed by atoms with van der Waals surface area (Å²) in [6.07, 6.45) is 4.88. The minimum atomic E-state index is 0.626. The number of aliphatic imine (C=N–C) groups is 1. The molecule has 0 aliphatic carbocycles. The summed E-state index contributed by atoms with van der Waals surface area (Å²) in [5.41, 5.74) is 2.44. The second-order valence-electron chi connectivity index (χ2n) is 6.89. The average Bonchev–Trinajstić information content (AvgIpc) is 3.16. The van der Waals surface area contributed by atoms with Crippen LogP contribution in [0.3, 0.4) is 0 Å². The lowest BCUT2D eigenvalue weighted by Crippen LogP contribution is -2.39. The van der Waals surface area contributed by atoms with Crippen molar-refractivity contribution in [3.63, 3.8) is 0 Å². The maximum Gasteiger partial charge on any atom is 0.191 e. The molecule has 0 atom stereocenters. The highest BCUT2D eigenvalue weighted by molar-refractivity contribution is 5.79. The maximum absolute atomic E-state index is 5.66. The topological polar surface area (TPSA) is 63.5 Å². The number of aromatic nitrogens is 2. The summed E-state index contributed by atoms with van der Waals surface area (Å²) in [4.78, 5) is 4.73. The van der Waals surface area contributed by atoms with Gasteiger partial charge in [-0.3, -0.25) is 4.68 Å². The van der Waals surface area contributed by atoms with Crippen molar-refractivity contribution in [3.05, 3.63) is 53.9 Å². The molecule has 1 heterocycles. The highest BCUT2D eigenvalue weighted by Crippen LogP contribution is 2.11. The van der Waals surface area contributed by atoms with Gasteiger partial charge in [-0.15, -0.1) is 0 Å². The molecule has 0 fully saturated rings. The van der Waals surface area contributed by atoms with E-state index in [1.807, 2.05) is 16.9 Å². The molecular formula is C21H33N5O. The van der Waals surface area contributed by atoms with E-state index in [4.69, 9.17) is 9.73 Å². The van der Waals surface area contributed by atoms with Crippen molar-refractivity contribution >= 4 is 5.96 Å². The van der Waals surface area contributed by atoms with E-state index in [1.54, 1.807) is 6.20 Å². The van der Waals surface area contributed by atoms with Gasteiger partial charge in [0.15, 0.2) is 5.96 Å². The highest BCUT2D eigenvalue weighted by Gasteiger charge is 2.04. The van der Waals surface area contributed by atoms with E-state index in [0.717, 1.165) is 38.6 Å². The van der Waals surface area contributed by atoms with Crippen LogP contribution in [0.25, 0.3) is 0 Å². The molecule has 0 aliphatic rings. The Labute approximate surface area is 163 Å². The number of guanidine groups is 1.